The van der Waals surface area contributed by atoms with Crippen LogP contribution in [0.2, 0.25) is 0 Å². The number of carbonyl (C=O) groups is 1. The van der Waals surface area contributed by atoms with Crippen molar-refractivity contribution in [3.05, 3.63) is 47.6 Å². The fourth-order valence-corrected chi connectivity index (χ4v) is 4.27. The van der Waals surface area contributed by atoms with E-state index in [0.717, 1.165) is 35.2 Å². The van der Waals surface area contributed by atoms with E-state index in [1.165, 1.54) is 24.2 Å². The predicted octanol–water partition coefficient (Wildman–Crippen LogP) is 4.00. The lowest BCUT2D eigenvalue weighted by Crippen LogP contribution is -2.19. The van der Waals surface area contributed by atoms with Gasteiger partial charge in [0.1, 0.15) is 10.8 Å². The molecule has 7 nitrogen and oxygen atoms in total. The normalized spacial score (nSPS) is 13.3. The molecular weight excluding hydrogens is 400 g/mol. The van der Waals surface area contributed by atoms with E-state index < -0.39 is 0 Å². The number of thiazole rings is 1. The van der Waals surface area contributed by atoms with Gasteiger partial charge in [-0.25, -0.2) is 9.97 Å². The van der Waals surface area contributed by atoms with Gasteiger partial charge >= 0.3 is 0 Å². The van der Waals surface area contributed by atoms with E-state index in [-0.39, 0.29) is 12.3 Å². The van der Waals surface area contributed by atoms with Gasteiger partial charge in [0.15, 0.2) is 11.5 Å². The van der Waals surface area contributed by atoms with Gasteiger partial charge in [-0.1, -0.05) is 0 Å². The zero-order valence-corrected chi connectivity index (χ0v) is 17.9. The average Bonchev–Trinajstić information content (AvgIpc) is 3.46. The largest absolute Gasteiger partial charge is 0.493 e. The average molecular weight is 425 g/mol. The lowest BCUT2D eigenvalue weighted by Gasteiger charge is -2.16. The van der Waals surface area contributed by atoms with Crippen LogP contribution in [0.15, 0.2) is 41.9 Å². The third-order valence-corrected chi connectivity index (χ3v) is 5.93. The molecule has 1 aliphatic rings. The molecule has 1 aromatic carbocycles. The second-order valence-electron chi connectivity index (χ2n) is 7.04. The number of nitrogens with one attached hydrogen (secondary N) is 1. The number of carbonyl (C=O) groups excluding carboxylic acids is 1. The lowest BCUT2D eigenvalue weighted by molar-refractivity contribution is -0.115. The highest BCUT2D eigenvalue weighted by Gasteiger charge is 2.14. The van der Waals surface area contributed by atoms with Crippen LogP contribution in [0.25, 0.3) is 10.6 Å². The van der Waals surface area contributed by atoms with Gasteiger partial charge in [0.2, 0.25) is 5.91 Å². The molecule has 0 radical (unpaired) electrons. The Hall–Kier alpha value is -3.13. The molecule has 8 heteroatoms. The summed E-state index contributed by atoms with van der Waals surface area (Å²) >= 11 is 1.49. The quantitative estimate of drug-likeness (QED) is 0.618. The minimum atomic E-state index is -0.116. The standard InChI is InChI=1S/C22H24N4O3S/c1-28-18-7-5-15(11-19(18)29-2)22-25-17(14-30-22)12-21(27)24-16-6-8-20(23-13-16)26-9-3-4-10-26/h5-8,11,13-14H,3-4,9-10,12H2,1-2H3,(H,24,27). The molecule has 0 bridgehead atoms. The van der Waals surface area contributed by atoms with Crippen molar-refractivity contribution >= 4 is 28.7 Å². The number of rotatable bonds is 7. The van der Waals surface area contributed by atoms with Crippen LogP contribution in [0.1, 0.15) is 18.5 Å². The zero-order chi connectivity index (χ0) is 20.9. The summed E-state index contributed by atoms with van der Waals surface area (Å²) < 4.78 is 10.6. The molecule has 1 N–H and O–H groups in total. The van der Waals surface area contributed by atoms with E-state index in [2.05, 4.69) is 20.2 Å². The summed E-state index contributed by atoms with van der Waals surface area (Å²) in [6.45, 7) is 2.09. The van der Waals surface area contributed by atoms with E-state index >= 15 is 0 Å². The summed E-state index contributed by atoms with van der Waals surface area (Å²) in [6.07, 6.45) is 4.33. The van der Waals surface area contributed by atoms with Crippen molar-refractivity contribution in [3.8, 4) is 22.1 Å². The van der Waals surface area contributed by atoms with E-state index in [4.69, 9.17) is 9.47 Å². The maximum Gasteiger partial charge on any atom is 0.230 e. The van der Waals surface area contributed by atoms with Crippen molar-refractivity contribution in [3.63, 3.8) is 0 Å². The third-order valence-electron chi connectivity index (χ3n) is 4.99. The maximum absolute atomic E-state index is 12.4. The molecular formula is C22H24N4O3S. The number of anilines is 2. The Balaban J connectivity index is 1.38. The maximum atomic E-state index is 12.4. The van der Waals surface area contributed by atoms with E-state index in [0.29, 0.717) is 17.2 Å². The molecule has 1 saturated heterocycles. The van der Waals surface area contributed by atoms with Crippen LogP contribution in [-0.4, -0.2) is 43.2 Å². The minimum absolute atomic E-state index is 0.116. The van der Waals surface area contributed by atoms with Crippen molar-refractivity contribution in [1.29, 1.82) is 0 Å². The van der Waals surface area contributed by atoms with Crippen molar-refractivity contribution < 1.29 is 14.3 Å². The molecule has 0 spiro atoms. The smallest absolute Gasteiger partial charge is 0.230 e. The molecule has 3 heterocycles. The minimum Gasteiger partial charge on any atom is -0.493 e. The van der Waals surface area contributed by atoms with Crippen molar-refractivity contribution in [2.24, 2.45) is 0 Å². The molecule has 0 unspecified atom stereocenters. The lowest BCUT2D eigenvalue weighted by atomic mass is 10.2. The molecule has 1 amide bonds. The number of benzene rings is 1. The first-order valence-corrected chi connectivity index (χ1v) is 10.7. The van der Waals surface area contributed by atoms with Crippen LogP contribution in [0.5, 0.6) is 11.5 Å². The van der Waals surface area contributed by atoms with Gasteiger partial charge in [-0.2, -0.15) is 0 Å². The second kappa shape index (κ2) is 9.13. The van der Waals surface area contributed by atoms with Gasteiger partial charge in [-0.05, 0) is 43.2 Å². The van der Waals surface area contributed by atoms with Gasteiger partial charge in [-0.3, -0.25) is 4.79 Å². The Bertz CT molecular complexity index is 1010. The summed E-state index contributed by atoms with van der Waals surface area (Å²) in [5.41, 5.74) is 2.34. The van der Waals surface area contributed by atoms with E-state index in [9.17, 15) is 4.79 Å². The summed E-state index contributed by atoms with van der Waals surface area (Å²) in [4.78, 5) is 23.8. The Labute approximate surface area is 179 Å². The molecule has 0 atom stereocenters. The molecule has 30 heavy (non-hydrogen) atoms. The zero-order valence-electron chi connectivity index (χ0n) is 17.1. The molecule has 0 aliphatic carbocycles. The number of ether oxygens (including phenoxy) is 2. The van der Waals surface area contributed by atoms with Crippen molar-refractivity contribution in [2.45, 2.75) is 19.3 Å². The number of hydrogen-bond donors (Lipinski definition) is 1. The summed E-state index contributed by atoms with van der Waals surface area (Å²) in [5, 5.41) is 5.63. The molecule has 0 saturated carbocycles. The fourth-order valence-electron chi connectivity index (χ4n) is 3.45. The first-order chi connectivity index (χ1) is 14.7. The van der Waals surface area contributed by atoms with Crippen molar-refractivity contribution in [2.75, 3.05) is 37.5 Å². The summed E-state index contributed by atoms with van der Waals surface area (Å²) in [7, 11) is 3.21. The van der Waals surface area contributed by atoms with Gasteiger partial charge in [0, 0.05) is 24.0 Å². The van der Waals surface area contributed by atoms with Crippen molar-refractivity contribution in [1.82, 2.24) is 9.97 Å². The highest BCUT2D eigenvalue weighted by atomic mass is 32.1. The Morgan fingerprint density at radius 2 is 1.93 bits per heavy atom. The topological polar surface area (TPSA) is 76.6 Å². The van der Waals surface area contributed by atoms with Gasteiger partial charge in [0.25, 0.3) is 0 Å². The van der Waals surface area contributed by atoms with Gasteiger partial charge < -0.3 is 19.7 Å². The molecule has 1 aliphatic heterocycles. The van der Waals surface area contributed by atoms with Crippen LogP contribution in [0, 0.1) is 0 Å². The number of amides is 1. The molecule has 1 fully saturated rings. The van der Waals surface area contributed by atoms with Crippen LogP contribution in [0.3, 0.4) is 0 Å². The molecule has 4 rings (SSSR count). The summed E-state index contributed by atoms with van der Waals surface area (Å²) in [5.74, 6) is 2.16. The highest BCUT2D eigenvalue weighted by molar-refractivity contribution is 7.13. The summed E-state index contributed by atoms with van der Waals surface area (Å²) in [6, 6.07) is 9.51. The highest BCUT2D eigenvalue weighted by Crippen LogP contribution is 2.33. The fraction of sp³-hybridized carbons (Fsp3) is 0.318. The van der Waals surface area contributed by atoms with E-state index in [1.54, 1.807) is 20.4 Å². The third kappa shape index (κ3) is 4.54. The Morgan fingerprint density at radius 3 is 2.63 bits per heavy atom. The van der Waals surface area contributed by atoms with Crippen LogP contribution < -0.4 is 19.7 Å². The van der Waals surface area contributed by atoms with Crippen LogP contribution in [-0.2, 0) is 11.2 Å². The Morgan fingerprint density at radius 1 is 1.13 bits per heavy atom. The van der Waals surface area contributed by atoms with Crippen LogP contribution >= 0.6 is 11.3 Å². The molecule has 156 valence electrons. The monoisotopic (exact) mass is 424 g/mol. The molecule has 2 aromatic heterocycles. The first-order valence-electron chi connectivity index (χ1n) is 9.84. The number of methoxy groups -OCH3 is 2. The van der Waals surface area contributed by atoms with Gasteiger partial charge in [-0.15, -0.1) is 11.3 Å². The number of hydrogen-bond acceptors (Lipinski definition) is 7. The first kappa shape index (κ1) is 20.2. The number of aromatic nitrogens is 2. The second-order valence-corrected chi connectivity index (χ2v) is 7.90. The number of pyridine rings is 1. The predicted molar refractivity (Wildman–Crippen MR) is 119 cm³/mol. The number of nitrogens with zero attached hydrogens (tertiary/aromatic N) is 3. The van der Waals surface area contributed by atoms with Crippen LogP contribution in [0.4, 0.5) is 11.5 Å². The van der Waals surface area contributed by atoms with E-state index in [1.807, 2.05) is 35.7 Å². The Kier molecular flexibility index (Phi) is 6.13. The van der Waals surface area contributed by atoms with Gasteiger partial charge in [0.05, 0.1) is 38.2 Å². The SMILES string of the molecule is COc1ccc(-c2nc(CC(=O)Nc3ccc(N4CCCC4)nc3)cs2)cc1OC. The molecule has 3 aromatic rings.